The number of hydrogen-bond acceptors (Lipinski definition) is 7. The highest BCUT2D eigenvalue weighted by Crippen LogP contribution is 2.25. The minimum Gasteiger partial charge on any atom is -0.497 e. The van der Waals surface area contributed by atoms with E-state index in [4.69, 9.17) is 4.74 Å². The highest BCUT2D eigenvalue weighted by Gasteiger charge is 2.19. The zero-order valence-electron chi connectivity index (χ0n) is 17.4. The summed E-state index contributed by atoms with van der Waals surface area (Å²) >= 11 is 1.14. The molecule has 0 unspecified atom stereocenters. The zero-order valence-corrected chi connectivity index (χ0v) is 18.2. The molecule has 3 rings (SSSR count). The van der Waals surface area contributed by atoms with Gasteiger partial charge in [-0.3, -0.25) is 18.7 Å². The number of carbonyl (C=O) groups excluding carboxylic acids is 1. The van der Waals surface area contributed by atoms with Crippen molar-refractivity contribution >= 4 is 34.4 Å². The number of nitrogens with one attached hydrogen (secondary N) is 1. The quantitative estimate of drug-likeness (QED) is 0.471. The van der Waals surface area contributed by atoms with Crippen molar-refractivity contribution in [3.8, 4) is 5.75 Å². The number of methoxy groups -OCH3 is 1. The van der Waals surface area contributed by atoms with Crippen LogP contribution < -0.4 is 21.3 Å². The van der Waals surface area contributed by atoms with E-state index in [2.05, 4.69) is 15.3 Å². The summed E-state index contributed by atoms with van der Waals surface area (Å²) in [6.45, 7) is 3.84. The van der Waals surface area contributed by atoms with E-state index in [1.807, 2.05) is 13.8 Å². The number of aromatic nitrogens is 4. The van der Waals surface area contributed by atoms with E-state index in [0.29, 0.717) is 22.3 Å². The van der Waals surface area contributed by atoms with Crippen molar-refractivity contribution < 1.29 is 9.53 Å². The average Bonchev–Trinajstić information content (AvgIpc) is 2.74. The van der Waals surface area contributed by atoms with Crippen molar-refractivity contribution in [3.05, 3.63) is 50.9 Å². The van der Waals surface area contributed by atoms with Crippen LogP contribution in [-0.2, 0) is 18.9 Å². The Morgan fingerprint density at radius 3 is 2.40 bits per heavy atom. The third-order valence-corrected chi connectivity index (χ3v) is 5.49. The van der Waals surface area contributed by atoms with Gasteiger partial charge >= 0.3 is 5.69 Å². The SMILES string of the molecule is COc1ccc(NC(=O)CSc2nc(C(C)C)nc3c2c(=O)n(C)c(=O)n3C)cc1. The van der Waals surface area contributed by atoms with Crippen LogP contribution in [-0.4, -0.2) is 37.9 Å². The molecule has 0 aliphatic rings. The number of aryl methyl sites for hydroxylation is 1. The first-order valence-corrected chi connectivity index (χ1v) is 10.3. The van der Waals surface area contributed by atoms with Crippen LogP contribution in [0.25, 0.3) is 11.0 Å². The Morgan fingerprint density at radius 1 is 1.13 bits per heavy atom. The summed E-state index contributed by atoms with van der Waals surface area (Å²) in [5.74, 6) is 0.980. The fourth-order valence-electron chi connectivity index (χ4n) is 2.81. The van der Waals surface area contributed by atoms with Gasteiger partial charge in [-0.05, 0) is 24.3 Å². The monoisotopic (exact) mass is 429 g/mol. The second-order valence-corrected chi connectivity index (χ2v) is 7.98. The Kier molecular flexibility index (Phi) is 6.25. The lowest BCUT2D eigenvalue weighted by Crippen LogP contribution is -2.38. The Bertz CT molecular complexity index is 1220. The Labute approximate surface area is 177 Å². The number of fused-ring (bicyclic) bond motifs is 1. The number of ether oxygens (including phenoxy) is 1. The summed E-state index contributed by atoms with van der Waals surface area (Å²) in [5.41, 5.74) is -0.0504. The maximum atomic E-state index is 12.7. The molecule has 0 saturated carbocycles. The fraction of sp³-hybridized carbons (Fsp3) is 0.350. The van der Waals surface area contributed by atoms with Crippen molar-refractivity contribution in [2.45, 2.75) is 24.8 Å². The molecular weight excluding hydrogens is 406 g/mol. The third kappa shape index (κ3) is 4.23. The maximum absolute atomic E-state index is 12.7. The van der Waals surface area contributed by atoms with Crippen molar-refractivity contribution in [1.82, 2.24) is 19.1 Å². The molecule has 0 saturated heterocycles. The molecule has 9 nitrogen and oxygen atoms in total. The smallest absolute Gasteiger partial charge is 0.332 e. The van der Waals surface area contributed by atoms with Crippen LogP contribution >= 0.6 is 11.8 Å². The second kappa shape index (κ2) is 8.70. The van der Waals surface area contributed by atoms with Gasteiger partial charge in [-0.2, -0.15) is 0 Å². The molecule has 3 aromatic rings. The minimum absolute atomic E-state index is 0.0129. The van der Waals surface area contributed by atoms with Crippen LogP contribution in [0.5, 0.6) is 5.75 Å². The highest BCUT2D eigenvalue weighted by atomic mass is 32.2. The maximum Gasteiger partial charge on any atom is 0.332 e. The first-order chi connectivity index (χ1) is 14.2. The lowest BCUT2D eigenvalue weighted by atomic mass is 10.2. The molecule has 0 fully saturated rings. The van der Waals surface area contributed by atoms with Crippen molar-refractivity contribution in [2.24, 2.45) is 14.1 Å². The van der Waals surface area contributed by atoms with Crippen LogP contribution in [0.1, 0.15) is 25.6 Å². The number of carbonyl (C=O) groups is 1. The van der Waals surface area contributed by atoms with Gasteiger partial charge < -0.3 is 10.1 Å². The molecule has 0 bridgehead atoms. The van der Waals surface area contributed by atoms with E-state index in [0.717, 1.165) is 16.3 Å². The van der Waals surface area contributed by atoms with Crippen LogP contribution in [0.15, 0.2) is 38.9 Å². The molecule has 1 aromatic carbocycles. The Balaban J connectivity index is 1.93. The molecule has 1 amide bonds. The fourth-order valence-corrected chi connectivity index (χ4v) is 3.63. The second-order valence-electron chi connectivity index (χ2n) is 7.01. The molecule has 0 atom stereocenters. The Hall–Kier alpha value is -3.14. The predicted octanol–water partition coefficient (Wildman–Crippen LogP) is 1.89. The van der Waals surface area contributed by atoms with Gasteiger partial charge in [0.1, 0.15) is 22.0 Å². The number of anilines is 1. The van der Waals surface area contributed by atoms with Gasteiger partial charge in [-0.15, -0.1) is 0 Å². The van der Waals surface area contributed by atoms with Gasteiger partial charge in [-0.25, -0.2) is 14.8 Å². The topological polar surface area (TPSA) is 108 Å². The summed E-state index contributed by atoms with van der Waals surface area (Å²) in [6.07, 6.45) is 0. The average molecular weight is 430 g/mol. The summed E-state index contributed by atoms with van der Waals surface area (Å²) in [7, 11) is 4.54. The highest BCUT2D eigenvalue weighted by molar-refractivity contribution is 8.00. The Morgan fingerprint density at radius 2 is 1.80 bits per heavy atom. The number of thioether (sulfide) groups is 1. The van der Waals surface area contributed by atoms with Gasteiger partial charge in [0.25, 0.3) is 5.56 Å². The number of amides is 1. The molecule has 158 valence electrons. The molecule has 10 heteroatoms. The molecule has 0 spiro atoms. The van der Waals surface area contributed by atoms with Gasteiger partial charge in [0.15, 0.2) is 5.65 Å². The van der Waals surface area contributed by atoms with Gasteiger partial charge in [0.2, 0.25) is 5.91 Å². The van der Waals surface area contributed by atoms with Crippen molar-refractivity contribution in [3.63, 3.8) is 0 Å². The molecule has 2 heterocycles. The predicted molar refractivity (Wildman–Crippen MR) is 116 cm³/mol. The van der Waals surface area contributed by atoms with E-state index >= 15 is 0 Å². The van der Waals surface area contributed by atoms with Crippen molar-refractivity contribution in [2.75, 3.05) is 18.2 Å². The van der Waals surface area contributed by atoms with Crippen LogP contribution in [0.2, 0.25) is 0 Å². The first-order valence-electron chi connectivity index (χ1n) is 9.27. The lowest BCUT2D eigenvalue weighted by Gasteiger charge is -2.13. The summed E-state index contributed by atoms with van der Waals surface area (Å²) < 4.78 is 7.44. The van der Waals surface area contributed by atoms with E-state index < -0.39 is 11.2 Å². The largest absolute Gasteiger partial charge is 0.497 e. The van der Waals surface area contributed by atoms with Crippen LogP contribution in [0, 0.1) is 0 Å². The van der Waals surface area contributed by atoms with Crippen molar-refractivity contribution in [1.29, 1.82) is 0 Å². The van der Waals surface area contributed by atoms with E-state index in [-0.39, 0.29) is 28.6 Å². The molecule has 2 aromatic heterocycles. The standard InChI is InChI=1S/C20H23N5O4S/c1-11(2)16-22-17-15(19(27)25(4)20(28)24(17)3)18(23-16)30-10-14(26)21-12-6-8-13(29-5)9-7-12/h6-9,11H,10H2,1-5H3,(H,21,26). The molecule has 0 aliphatic heterocycles. The molecule has 30 heavy (non-hydrogen) atoms. The summed E-state index contributed by atoms with van der Waals surface area (Å²) in [5, 5.41) is 3.41. The lowest BCUT2D eigenvalue weighted by molar-refractivity contribution is -0.113. The third-order valence-electron chi connectivity index (χ3n) is 4.51. The molecule has 1 N–H and O–H groups in total. The zero-order chi connectivity index (χ0) is 22.0. The summed E-state index contributed by atoms with van der Waals surface area (Å²) in [4.78, 5) is 46.4. The number of nitrogens with zero attached hydrogens (tertiary/aromatic N) is 4. The van der Waals surface area contributed by atoms with Crippen LogP contribution in [0.3, 0.4) is 0 Å². The normalized spacial score (nSPS) is 11.1. The van der Waals surface area contributed by atoms with E-state index in [1.54, 1.807) is 38.4 Å². The van der Waals surface area contributed by atoms with E-state index in [9.17, 15) is 14.4 Å². The summed E-state index contributed by atoms with van der Waals surface area (Å²) in [6, 6.07) is 6.98. The number of benzene rings is 1. The molecular formula is C20H23N5O4S. The van der Waals surface area contributed by atoms with E-state index in [1.165, 1.54) is 11.6 Å². The van der Waals surface area contributed by atoms with Crippen LogP contribution in [0.4, 0.5) is 5.69 Å². The van der Waals surface area contributed by atoms with Gasteiger partial charge in [0.05, 0.1) is 12.9 Å². The van der Waals surface area contributed by atoms with Gasteiger partial charge in [0, 0.05) is 25.7 Å². The van der Waals surface area contributed by atoms with Gasteiger partial charge in [-0.1, -0.05) is 25.6 Å². The number of hydrogen-bond donors (Lipinski definition) is 1. The first kappa shape index (κ1) is 21.6. The number of rotatable bonds is 6. The molecule has 0 aliphatic carbocycles. The molecule has 0 radical (unpaired) electrons. The minimum atomic E-state index is -0.485.